The standard InChI is InChI=1S/C7H10N4O/c8-5-2-1-4(3-5)6-10-7(9)11-12-6/h1-2,4-5H,3,8H2,(H2,9,11). The predicted octanol–water partition coefficient (Wildman–Crippen LogP) is 0.0226. The van der Waals surface area contributed by atoms with E-state index in [1.807, 2.05) is 12.2 Å². The van der Waals surface area contributed by atoms with Crippen molar-refractivity contribution in [2.75, 3.05) is 5.73 Å². The van der Waals surface area contributed by atoms with Crippen molar-refractivity contribution in [2.45, 2.75) is 18.4 Å². The molecule has 5 nitrogen and oxygen atoms in total. The zero-order valence-corrected chi connectivity index (χ0v) is 6.47. The third-order valence-electron chi connectivity index (χ3n) is 1.89. The number of nitrogen functional groups attached to an aromatic ring is 1. The van der Waals surface area contributed by atoms with Crippen molar-refractivity contribution < 1.29 is 4.52 Å². The molecule has 0 aliphatic heterocycles. The Labute approximate surface area is 69.4 Å². The molecule has 1 aromatic heterocycles. The van der Waals surface area contributed by atoms with Gasteiger partial charge in [0.2, 0.25) is 5.89 Å². The van der Waals surface area contributed by atoms with Gasteiger partial charge in [-0.3, -0.25) is 0 Å². The molecule has 0 radical (unpaired) electrons. The Balaban J connectivity index is 2.17. The third-order valence-corrected chi connectivity index (χ3v) is 1.89. The van der Waals surface area contributed by atoms with Crippen LogP contribution in [-0.2, 0) is 0 Å². The molecule has 0 fully saturated rings. The number of hydrogen-bond donors (Lipinski definition) is 2. The van der Waals surface area contributed by atoms with E-state index in [0.29, 0.717) is 5.89 Å². The minimum absolute atomic E-state index is 0.100. The summed E-state index contributed by atoms with van der Waals surface area (Å²) in [4.78, 5) is 3.92. The van der Waals surface area contributed by atoms with Crippen LogP contribution in [-0.4, -0.2) is 16.2 Å². The molecule has 4 N–H and O–H groups in total. The van der Waals surface area contributed by atoms with E-state index in [-0.39, 0.29) is 17.9 Å². The molecule has 1 aliphatic carbocycles. The van der Waals surface area contributed by atoms with Crippen molar-refractivity contribution in [3.8, 4) is 0 Å². The van der Waals surface area contributed by atoms with Gasteiger partial charge in [-0.05, 0) is 11.6 Å². The van der Waals surface area contributed by atoms with Gasteiger partial charge in [0.25, 0.3) is 5.95 Å². The molecular formula is C7H10N4O. The van der Waals surface area contributed by atoms with E-state index in [4.69, 9.17) is 16.0 Å². The van der Waals surface area contributed by atoms with Crippen molar-refractivity contribution in [3.05, 3.63) is 18.0 Å². The summed E-state index contributed by atoms with van der Waals surface area (Å²) in [5, 5.41) is 3.50. The monoisotopic (exact) mass is 166 g/mol. The van der Waals surface area contributed by atoms with E-state index >= 15 is 0 Å². The van der Waals surface area contributed by atoms with E-state index in [9.17, 15) is 0 Å². The van der Waals surface area contributed by atoms with Crippen molar-refractivity contribution in [2.24, 2.45) is 5.73 Å². The highest BCUT2D eigenvalue weighted by Gasteiger charge is 2.22. The van der Waals surface area contributed by atoms with Crippen LogP contribution in [0.4, 0.5) is 5.95 Å². The molecule has 12 heavy (non-hydrogen) atoms. The van der Waals surface area contributed by atoms with E-state index in [1.165, 1.54) is 0 Å². The normalized spacial score (nSPS) is 28.1. The lowest BCUT2D eigenvalue weighted by atomic mass is 10.1. The van der Waals surface area contributed by atoms with Gasteiger partial charge in [-0.1, -0.05) is 12.2 Å². The molecule has 0 aromatic carbocycles. The molecule has 0 saturated heterocycles. The van der Waals surface area contributed by atoms with Crippen LogP contribution in [0.25, 0.3) is 0 Å². The quantitative estimate of drug-likeness (QED) is 0.574. The maximum absolute atomic E-state index is 5.66. The number of anilines is 1. The van der Waals surface area contributed by atoms with Crippen molar-refractivity contribution >= 4 is 5.95 Å². The lowest BCUT2D eigenvalue weighted by Crippen LogP contribution is -2.14. The first kappa shape index (κ1) is 7.30. The van der Waals surface area contributed by atoms with E-state index in [0.717, 1.165) is 6.42 Å². The fraction of sp³-hybridized carbons (Fsp3) is 0.429. The van der Waals surface area contributed by atoms with Gasteiger partial charge in [0.1, 0.15) is 0 Å². The average Bonchev–Trinajstić information content (AvgIpc) is 2.58. The summed E-state index contributed by atoms with van der Waals surface area (Å²) >= 11 is 0. The number of nitrogens with zero attached hydrogens (tertiary/aromatic N) is 2. The van der Waals surface area contributed by atoms with Crippen molar-refractivity contribution in [1.29, 1.82) is 0 Å². The topological polar surface area (TPSA) is 91.0 Å². The van der Waals surface area contributed by atoms with Gasteiger partial charge in [0.15, 0.2) is 0 Å². The number of nitrogens with two attached hydrogens (primary N) is 2. The number of hydrogen-bond acceptors (Lipinski definition) is 5. The Morgan fingerprint density at radius 2 is 2.33 bits per heavy atom. The number of allylic oxidation sites excluding steroid dienone is 1. The Hall–Kier alpha value is -1.36. The second kappa shape index (κ2) is 2.60. The van der Waals surface area contributed by atoms with Gasteiger partial charge in [-0.2, -0.15) is 4.98 Å². The summed E-state index contributed by atoms with van der Waals surface area (Å²) in [6.07, 6.45) is 4.73. The molecule has 0 spiro atoms. The fourth-order valence-corrected chi connectivity index (χ4v) is 1.31. The van der Waals surface area contributed by atoms with E-state index in [2.05, 4.69) is 10.1 Å². The lowest BCUT2D eigenvalue weighted by Gasteiger charge is -2.01. The van der Waals surface area contributed by atoms with E-state index in [1.54, 1.807) is 0 Å². The summed E-state index contributed by atoms with van der Waals surface area (Å²) in [6, 6.07) is 0.100. The van der Waals surface area contributed by atoms with Gasteiger partial charge in [0.05, 0.1) is 5.92 Å². The van der Waals surface area contributed by atoms with Crippen LogP contribution in [0.5, 0.6) is 0 Å². The zero-order chi connectivity index (χ0) is 8.55. The van der Waals surface area contributed by atoms with Crippen LogP contribution in [0, 0.1) is 0 Å². The molecule has 1 aliphatic rings. The van der Waals surface area contributed by atoms with Crippen LogP contribution in [0.3, 0.4) is 0 Å². The SMILES string of the molecule is Nc1noc(C2C=CC(N)C2)n1. The summed E-state index contributed by atoms with van der Waals surface area (Å²) in [7, 11) is 0. The third kappa shape index (κ3) is 1.18. The molecule has 2 rings (SSSR count). The summed E-state index contributed by atoms with van der Waals surface area (Å²) in [5.74, 6) is 0.875. The highest BCUT2D eigenvalue weighted by atomic mass is 16.5. The van der Waals surface area contributed by atoms with Crippen LogP contribution in [0.15, 0.2) is 16.7 Å². The van der Waals surface area contributed by atoms with Crippen LogP contribution in [0.1, 0.15) is 18.2 Å². The summed E-state index contributed by atoms with van der Waals surface area (Å²) < 4.78 is 4.90. The van der Waals surface area contributed by atoms with E-state index < -0.39 is 0 Å². The molecule has 0 saturated carbocycles. The predicted molar refractivity (Wildman–Crippen MR) is 43.2 cm³/mol. The lowest BCUT2D eigenvalue weighted by molar-refractivity contribution is 0.365. The highest BCUT2D eigenvalue weighted by Crippen LogP contribution is 2.26. The Morgan fingerprint density at radius 1 is 1.50 bits per heavy atom. The van der Waals surface area contributed by atoms with Gasteiger partial charge in [-0.15, -0.1) is 0 Å². The summed E-state index contributed by atoms with van der Waals surface area (Å²) in [6.45, 7) is 0. The fourth-order valence-electron chi connectivity index (χ4n) is 1.31. The Kier molecular flexibility index (Phi) is 1.58. The maximum Gasteiger partial charge on any atom is 0.260 e. The summed E-state index contributed by atoms with van der Waals surface area (Å²) in [5.41, 5.74) is 11.0. The first-order valence-electron chi connectivity index (χ1n) is 3.78. The number of aromatic nitrogens is 2. The highest BCUT2D eigenvalue weighted by molar-refractivity contribution is 5.19. The van der Waals surface area contributed by atoms with Crippen LogP contribution < -0.4 is 11.5 Å². The molecule has 2 atom stereocenters. The van der Waals surface area contributed by atoms with Crippen molar-refractivity contribution in [1.82, 2.24) is 10.1 Å². The Morgan fingerprint density at radius 3 is 2.83 bits per heavy atom. The van der Waals surface area contributed by atoms with Crippen molar-refractivity contribution in [3.63, 3.8) is 0 Å². The first-order chi connectivity index (χ1) is 5.75. The smallest absolute Gasteiger partial charge is 0.260 e. The molecule has 0 bridgehead atoms. The Bertz CT molecular complexity index is 306. The largest absolute Gasteiger partial charge is 0.365 e. The zero-order valence-electron chi connectivity index (χ0n) is 6.47. The van der Waals surface area contributed by atoms with Gasteiger partial charge < -0.3 is 16.0 Å². The minimum atomic E-state index is 0.100. The minimum Gasteiger partial charge on any atom is -0.365 e. The molecular weight excluding hydrogens is 156 g/mol. The van der Waals surface area contributed by atoms with Gasteiger partial charge in [-0.25, -0.2) is 0 Å². The molecule has 1 heterocycles. The van der Waals surface area contributed by atoms with Gasteiger partial charge >= 0.3 is 0 Å². The average molecular weight is 166 g/mol. The number of rotatable bonds is 1. The molecule has 2 unspecified atom stereocenters. The maximum atomic E-state index is 5.66. The van der Waals surface area contributed by atoms with Crippen LogP contribution >= 0.6 is 0 Å². The molecule has 1 aromatic rings. The first-order valence-corrected chi connectivity index (χ1v) is 3.78. The second-order valence-electron chi connectivity index (χ2n) is 2.88. The van der Waals surface area contributed by atoms with Crippen LogP contribution in [0.2, 0.25) is 0 Å². The molecule has 64 valence electrons. The molecule has 0 amide bonds. The van der Waals surface area contributed by atoms with Gasteiger partial charge in [0, 0.05) is 6.04 Å². The second-order valence-corrected chi connectivity index (χ2v) is 2.88. The molecule has 5 heteroatoms.